The fourth-order valence-corrected chi connectivity index (χ4v) is 8.07. The van der Waals surface area contributed by atoms with Crippen molar-refractivity contribution in [1.29, 1.82) is 0 Å². The summed E-state index contributed by atoms with van der Waals surface area (Å²) in [5, 5.41) is 14.2. The number of benzene rings is 3. The van der Waals surface area contributed by atoms with Crippen molar-refractivity contribution in [3.05, 3.63) is 105 Å². The standard InChI is InChI=1S/C32H24Cl2FN3O5/c33-16-3-1-15(2-4-16)32-24(30(42)38(31(32)43)37-18-7-5-17(35)6-8-18)14-23-20(11-12-22-26(23)29(41)36-28(22)40)27(32)21-10-9-19(39)13-25(21)34/h1-11,13,22-24,26-27,37,39H,12,14H2,(H,36,40,41)/t22-,23+,24-,26-,27+,32+/m0/s1. The molecule has 6 atom stereocenters. The van der Waals surface area contributed by atoms with Crippen molar-refractivity contribution in [2.24, 2.45) is 23.7 Å². The summed E-state index contributed by atoms with van der Waals surface area (Å²) >= 11 is 13.0. The summed E-state index contributed by atoms with van der Waals surface area (Å²) in [6.45, 7) is 0. The normalized spacial score (nSPS) is 29.5. The molecule has 3 fully saturated rings. The van der Waals surface area contributed by atoms with Gasteiger partial charge in [-0.3, -0.25) is 29.9 Å². The van der Waals surface area contributed by atoms with Gasteiger partial charge in [-0.05, 0) is 78.4 Å². The van der Waals surface area contributed by atoms with Crippen LogP contribution in [0.4, 0.5) is 10.1 Å². The van der Waals surface area contributed by atoms with Crippen molar-refractivity contribution in [3.63, 3.8) is 0 Å². The van der Waals surface area contributed by atoms with Crippen LogP contribution in [0.15, 0.2) is 78.4 Å². The molecule has 1 saturated carbocycles. The Morgan fingerprint density at radius 1 is 0.930 bits per heavy atom. The number of aromatic hydroxyl groups is 1. The molecule has 2 saturated heterocycles. The molecule has 3 N–H and O–H groups in total. The summed E-state index contributed by atoms with van der Waals surface area (Å²) < 4.78 is 13.7. The molecule has 7 rings (SSSR count). The zero-order valence-electron chi connectivity index (χ0n) is 22.4. The van der Waals surface area contributed by atoms with Gasteiger partial charge in [0.25, 0.3) is 11.8 Å². The summed E-state index contributed by atoms with van der Waals surface area (Å²) in [5.74, 6) is -6.06. The van der Waals surface area contributed by atoms with E-state index in [-0.39, 0.29) is 29.5 Å². The molecule has 0 spiro atoms. The SMILES string of the molecule is O=C1NC(=O)[C@H]2CC=C3[C@@H](C[C@H]4C(=O)N(Nc5ccc(F)cc5)C(=O)[C@@]4(c4ccc(Cl)cc4)[C@H]3c3ccc(O)cc3Cl)[C@@H]12. The Morgan fingerprint density at radius 3 is 2.35 bits per heavy atom. The number of nitrogens with zero attached hydrogens (tertiary/aromatic N) is 1. The monoisotopic (exact) mass is 619 g/mol. The molecule has 4 amide bonds. The van der Waals surface area contributed by atoms with Crippen molar-refractivity contribution >= 4 is 52.5 Å². The lowest BCUT2D eigenvalue weighted by Gasteiger charge is -2.50. The van der Waals surface area contributed by atoms with Crippen molar-refractivity contribution in [2.75, 3.05) is 5.43 Å². The zero-order valence-corrected chi connectivity index (χ0v) is 23.9. The van der Waals surface area contributed by atoms with E-state index >= 15 is 0 Å². The van der Waals surface area contributed by atoms with E-state index in [1.165, 1.54) is 36.4 Å². The topological polar surface area (TPSA) is 116 Å². The number of hydrazine groups is 1. The second-order valence-electron chi connectivity index (χ2n) is 11.4. The molecule has 3 aromatic carbocycles. The van der Waals surface area contributed by atoms with Crippen LogP contribution in [-0.2, 0) is 24.6 Å². The van der Waals surface area contributed by atoms with Gasteiger partial charge in [0, 0.05) is 16.0 Å². The van der Waals surface area contributed by atoms with Crippen molar-refractivity contribution in [2.45, 2.75) is 24.2 Å². The third-order valence-corrected chi connectivity index (χ3v) is 9.97. The number of hydrogen-bond acceptors (Lipinski definition) is 6. The number of allylic oxidation sites excluding steroid dienone is 2. The van der Waals surface area contributed by atoms with Crippen LogP contribution in [0.5, 0.6) is 5.75 Å². The number of nitrogens with one attached hydrogen (secondary N) is 2. The quantitative estimate of drug-likeness (QED) is 0.276. The van der Waals surface area contributed by atoms with E-state index in [0.29, 0.717) is 21.8 Å². The number of anilines is 1. The predicted octanol–water partition coefficient (Wildman–Crippen LogP) is 5.11. The molecule has 218 valence electrons. The lowest BCUT2D eigenvalue weighted by atomic mass is 9.49. The lowest BCUT2D eigenvalue weighted by Crippen LogP contribution is -2.53. The number of phenols is 1. The summed E-state index contributed by atoms with van der Waals surface area (Å²) in [4.78, 5) is 55.1. The lowest BCUT2D eigenvalue weighted by molar-refractivity contribution is -0.138. The number of imide groups is 2. The van der Waals surface area contributed by atoms with Gasteiger partial charge >= 0.3 is 0 Å². The minimum atomic E-state index is -1.54. The Kier molecular flexibility index (Phi) is 6.37. The average molecular weight is 620 g/mol. The first kappa shape index (κ1) is 27.6. The van der Waals surface area contributed by atoms with E-state index < -0.39 is 58.5 Å². The van der Waals surface area contributed by atoms with Gasteiger partial charge in [-0.25, -0.2) is 4.39 Å². The largest absolute Gasteiger partial charge is 0.508 e. The highest BCUT2D eigenvalue weighted by atomic mass is 35.5. The van der Waals surface area contributed by atoms with Gasteiger partial charge in [-0.15, -0.1) is 0 Å². The van der Waals surface area contributed by atoms with Crippen LogP contribution in [0.25, 0.3) is 0 Å². The Bertz CT molecular complexity index is 1740. The highest BCUT2D eigenvalue weighted by Crippen LogP contribution is 2.64. The summed E-state index contributed by atoms with van der Waals surface area (Å²) in [7, 11) is 0. The predicted molar refractivity (Wildman–Crippen MR) is 155 cm³/mol. The summed E-state index contributed by atoms with van der Waals surface area (Å²) in [5.41, 5.74) is 3.41. The van der Waals surface area contributed by atoms with Crippen molar-refractivity contribution in [1.82, 2.24) is 10.3 Å². The van der Waals surface area contributed by atoms with Gasteiger partial charge in [0.1, 0.15) is 11.6 Å². The number of carbonyl (C=O) groups excluding carboxylic acids is 4. The molecule has 0 unspecified atom stereocenters. The van der Waals surface area contributed by atoms with Crippen LogP contribution in [-0.4, -0.2) is 33.7 Å². The third kappa shape index (κ3) is 4.02. The number of carbonyl (C=O) groups is 4. The first-order chi connectivity index (χ1) is 20.6. The highest BCUT2D eigenvalue weighted by molar-refractivity contribution is 6.32. The Labute approximate surface area is 255 Å². The molecule has 43 heavy (non-hydrogen) atoms. The van der Waals surface area contributed by atoms with E-state index in [9.17, 15) is 28.7 Å². The van der Waals surface area contributed by atoms with E-state index in [4.69, 9.17) is 23.2 Å². The maximum atomic E-state index is 14.9. The van der Waals surface area contributed by atoms with Crippen molar-refractivity contribution in [3.8, 4) is 5.75 Å². The fourth-order valence-electron chi connectivity index (χ4n) is 7.66. The second-order valence-corrected chi connectivity index (χ2v) is 12.3. The van der Waals surface area contributed by atoms with Crippen LogP contribution < -0.4 is 10.7 Å². The van der Waals surface area contributed by atoms with E-state index in [1.807, 2.05) is 6.08 Å². The Morgan fingerprint density at radius 2 is 1.65 bits per heavy atom. The number of rotatable bonds is 4. The molecule has 3 aromatic rings. The molecule has 0 radical (unpaired) electrons. The molecular formula is C32H24Cl2FN3O5. The number of halogens is 3. The molecule has 11 heteroatoms. The molecular weight excluding hydrogens is 596 g/mol. The molecule has 2 heterocycles. The number of amides is 4. The zero-order chi connectivity index (χ0) is 30.2. The van der Waals surface area contributed by atoms with E-state index in [2.05, 4.69) is 10.7 Å². The van der Waals surface area contributed by atoms with Gasteiger partial charge in [-0.1, -0.05) is 53.1 Å². The first-order valence-corrected chi connectivity index (χ1v) is 14.6. The highest BCUT2D eigenvalue weighted by Gasteiger charge is 2.70. The van der Waals surface area contributed by atoms with Gasteiger partial charge in [-0.2, -0.15) is 5.01 Å². The molecule has 8 nitrogen and oxygen atoms in total. The molecule has 4 aliphatic rings. The van der Waals surface area contributed by atoms with Gasteiger partial charge in [0.15, 0.2) is 0 Å². The summed E-state index contributed by atoms with van der Waals surface area (Å²) in [6.07, 6.45) is 2.30. The second kappa shape index (κ2) is 9.92. The first-order valence-electron chi connectivity index (χ1n) is 13.8. The van der Waals surface area contributed by atoms with Crippen LogP contribution in [0.1, 0.15) is 29.9 Å². The van der Waals surface area contributed by atoms with Crippen LogP contribution in [0.3, 0.4) is 0 Å². The fraction of sp³-hybridized carbons (Fsp3) is 0.250. The van der Waals surface area contributed by atoms with Gasteiger partial charge in [0.05, 0.1) is 28.9 Å². The number of fused-ring (bicyclic) bond motifs is 4. The van der Waals surface area contributed by atoms with Gasteiger partial charge in [0.2, 0.25) is 11.8 Å². The smallest absolute Gasteiger partial charge is 0.260 e. The van der Waals surface area contributed by atoms with E-state index in [1.54, 1.807) is 30.3 Å². The molecule has 0 bridgehead atoms. The van der Waals surface area contributed by atoms with Crippen LogP contribution in [0.2, 0.25) is 10.0 Å². The number of phenolic OH excluding ortho intramolecular Hbond substituents is 1. The summed E-state index contributed by atoms with van der Waals surface area (Å²) in [6, 6.07) is 16.4. The molecule has 2 aliphatic heterocycles. The van der Waals surface area contributed by atoms with E-state index in [0.717, 1.165) is 10.6 Å². The van der Waals surface area contributed by atoms with Crippen LogP contribution >= 0.6 is 23.2 Å². The van der Waals surface area contributed by atoms with Crippen LogP contribution in [0, 0.1) is 29.5 Å². The van der Waals surface area contributed by atoms with Crippen molar-refractivity contribution < 1.29 is 28.7 Å². The Hall–Kier alpha value is -4.21. The van der Waals surface area contributed by atoms with Gasteiger partial charge < -0.3 is 5.11 Å². The number of hydrogen-bond donors (Lipinski definition) is 3. The average Bonchev–Trinajstić information content (AvgIpc) is 3.39. The minimum absolute atomic E-state index is 0.0786. The Balaban J connectivity index is 1.48. The minimum Gasteiger partial charge on any atom is -0.508 e. The molecule has 2 aliphatic carbocycles. The maximum Gasteiger partial charge on any atom is 0.260 e. The third-order valence-electron chi connectivity index (χ3n) is 9.39. The maximum absolute atomic E-state index is 14.9. The molecule has 0 aromatic heterocycles.